The zero-order valence-corrected chi connectivity index (χ0v) is 11.8. The van der Waals surface area contributed by atoms with Gasteiger partial charge in [-0.25, -0.2) is 0 Å². The maximum atomic E-state index is 12.2. The van der Waals surface area contributed by atoms with E-state index < -0.39 is 5.54 Å². The number of rotatable bonds is 5. The van der Waals surface area contributed by atoms with Crippen LogP contribution in [0.4, 0.5) is 0 Å². The van der Waals surface area contributed by atoms with Crippen molar-refractivity contribution in [3.05, 3.63) is 35.9 Å². The molecule has 0 aliphatic heterocycles. The molecule has 1 aromatic rings. The maximum Gasteiger partial charge on any atom is 0.326 e. The molecule has 0 bridgehead atoms. The molecule has 1 fully saturated rings. The Kier molecular flexibility index (Phi) is 4.59. The highest BCUT2D eigenvalue weighted by molar-refractivity contribution is 5.81. The van der Waals surface area contributed by atoms with Gasteiger partial charge in [0, 0.05) is 6.54 Å². The van der Waals surface area contributed by atoms with Gasteiger partial charge in [-0.15, -0.1) is 0 Å². The minimum absolute atomic E-state index is 0.104. The summed E-state index contributed by atoms with van der Waals surface area (Å²) in [5, 5.41) is 3.49. The lowest BCUT2D eigenvalue weighted by Gasteiger charge is -2.33. The van der Waals surface area contributed by atoms with Gasteiger partial charge in [-0.2, -0.15) is 0 Å². The summed E-state index contributed by atoms with van der Waals surface area (Å²) in [4.78, 5) is 12.2. The second-order valence-corrected chi connectivity index (χ2v) is 5.30. The van der Waals surface area contributed by atoms with Gasteiger partial charge in [0.25, 0.3) is 0 Å². The van der Waals surface area contributed by atoms with Crippen molar-refractivity contribution in [1.82, 2.24) is 5.32 Å². The van der Waals surface area contributed by atoms with Crippen LogP contribution in [0.15, 0.2) is 30.3 Å². The Bertz CT molecular complexity index is 418. The van der Waals surface area contributed by atoms with Crippen LogP contribution in [0.2, 0.25) is 0 Å². The molecule has 2 rings (SSSR count). The molecule has 0 saturated heterocycles. The fraction of sp³-hybridized carbons (Fsp3) is 0.562. The Hall–Kier alpha value is -1.35. The van der Waals surface area contributed by atoms with Crippen molar-refractivity contribution in [1.29, 1.82) is 0 Å². The molecule has 0 radical (unpaired) electrons. The van der Waals surface area contributed by atoms with Crippen molar-refractivity contribution < 1.29 is 9.53 Å². The smallest absolute Gasteiger partial charge is 0.326 e. The van der Waals surface area contributed by atoms with Crippen molar-refractivity contribution >= 4 is 5.97 Å². The van der Waals surface area contributed by atoms with Gasteiger partial charge in [-0.3, -0.25) is 10.1 Å². The third-order valence-corrected chi connectivity index (χ3v) is 4.31. The van der Waals surface area contributed by atoms with E-state index >= 15 is 0 Å². The van der Waals surface area contributed by atoms with Gasteiger partial charge in [0.15, 0.2) is 0 Å². The van der Waals surface area contributed by atoms with Crippen molar-refractivity contribution in [3.8, 4) is 0 Å². The first-order chi connectivity index (χ1) is 9.23. The van der Waals surface area contributed by atoms with E-state index in [1.807, 2.05) is 18.2 Å². The van der Waals surface area contributed by atoms with E-state index in [9.17, 15) is 4.79 Å². The molecule has 1 aliphatic rings. The second-order valence-electron chi connectivity index (χ2n) is 5.30. The van der Waals surface area contributed by atoms with Crippen LogP contribution in [-0.4, -0.2) is 18.6 Å². The number of methoxy groups -OCH3 is 1. The van der Waals surface area contributed by atoms with Crippen LogP contribution >= 0.6 is 0 Å². The number of ether oxygens (including phenoxy) is 1. The number of carbonyl (C=O) groups is 1. The Morgan fingerprint density at radius 3 is 2.79 bits per heavy atom. The zero-order chi connectivity index (χ0) is 13.7. The normalized spacial score (nSPS) is 26.3. The fourth-order valence-electron chi connectivity index (χ4n) is 3.24. The number of benzene rings is 1. The molecule has 104 valence electrons. The molecule has 0 amide bonds. The summed E-state index contributed by atoms with van der Waals surface area (Å²) in [7, 11) is 1.49. The molecule has 1 N–H and O–H groups in total. The molecular weight excluding hydrogens is 238 g/mol. The Morgan fingerprint density at radius 1 is 1.42 bits per heavy atom. The predicted octanol–water partition coefficient (Wildman–Crippen LogP) is 2.90. The van der Waals surface area contributed by atoms with Crippen LogP contribution in [0.5, 0.6) is 0 Å². The topological polar surface area (TPSA) is 38.3 Å². The van der Waals surface area contributed by atoms with E-state index in [4.69, 9.17) is 4.74 Å². The van der Waals surface area contributed by atoms with Crippen molar-refractivity contribution in [3.63, 3.8) is 0 Å². The van der Waals surface area contributed by atoms with E-state index in [2.05, 4.69) is 24.4 Å². The first kappa shape index (κ1) is 14.1. The lowest BCUT2D eigenvalue weighted by molar-refractivity contribution is -0.150. The Labute approximate surface area is 115 Å². The average Bonchev–Trinajstić information content (AvgIpc) is 2.89. The van der Waals surface area contributed by atoms with Crippen LogP contribution in [0.3, 0.4) is 0 Å². The monoisotopic (exact) mass is 261 g/mol. The highest BCUT2D eigenvalue weighted by Crippen LogP contribution is 2.39. The van der Waals surface area contributed by atoms with Crippen LogP contribution in [-0.2, 0) is 16.1 Å². The van der Waals surface area contributed by atoms with Gasteiger partial charge in [0.05, 0.1) is 7.11 Å². The average molecular weight is 261 g/mol. The SMILES string of the molecule is CCC1CCCC1(NCc1ccccc1)C(=O)OC. The number of carbonyl (C=O) groups excluding carboxylic acids is 1. The van der Waals surface area contributed by atoms with Crippen LogP contribution in [0.1, 0.15) is 38.2 Å². The number of nitrogens with one attached hydrogen (secondary N) is 1. The molecule has 1 aliphatic carbocycles. The highest BCUT2D eigenvalue weighted by Gasteiger charge is 2.48. The maximum absolute atomic E-state index is 12.2. The van der Waals surface area contributed by atoms with Gasteiger partial charge in [0.2, 0.25) is 0 Å². The van der Waals surface area contributed by atoms with Crippen LogP contribution < -0.4 is 5.32 Å². The standard InChI is InChI=1S/C16H23NO2/c1-3-14-10-7-11-16(14,15(18)19-2)17-12-13-8-5-4-6-9-13/h4-6,8-9,14,17H,3,7,10-12H2,1-2H3. The minimum Gasteiger partial charge on any atom is -0.468 e. The summed E-state index contributed by atoms with van der Waals surface area (Å²) >= 11 is 0. The summed E-state index contributed by atoms with van der Waals surface area (Å²) < 4.78 is 5.06. The molecule has 2 atom stereocenters. The summed E-state index contributed by atoms with van der Waals surface area (Å²) in [6.45, 7) is 2.87. The molecule has 19 heavy (non-hydrogen) atoms. The quantitative estimate of drug-likeness (QED) is 0.828. The van der Waals surface area contributed by atoms with Crippen LogP contribution in [0, 0.1) is 5.92 Å². The molecule has 3 nitrogen and oxygen atoms in total. The van der Waals surface area contributed by atoms with E-state index in [0.717, 1.165) is 25.7 Å². The summed E-state index contributed by atoms with van der Waals surface area (Å²) in [5.41, 5.74) is 0.715. The fourth-order valence-corrected chi connectivity index (χ4v) is 3.24. The van der Waals surface area contributed by atoms with E-state index in [1.54, 1.807) is 0 Å². The lowest BCUT2D eigenvalue weighted by atomic mass is 9.84. The zero-order valence-electron chi connectivity index (χ0n) is 11.8. The number of hydrogen-bond donors (Lipinski definition) is 1. The molecular formula is C16H23NO2. The molecule has 0 aromatic heterocycles. The molecule has 1 saturated carbocycles. The largest absolute Gasteiger partial charge is 0.468 e. The first-order valence-electron chi connectivity index (χ1n) is 7.10. The highest BCUT2D eigenvalue weighted by atomic mass is 16.5. The predicted molar refractivity (Wildman–Crippen MR) is 75.7 cm³/mol. The molecule has 0 spiro atoms. The third-order valence-electron chi connectivity index (χ3n) is 4.31. The van der Waals surface area contributed by atoms with Crippen LogP contribution in [0.25, 0.3) is 0 Å². The Balaban J connectivity index is 2.13. The van der Waals surface area contributed by atoms with E-state index in [-0.39, 0.29) is 5.97 Å². The van der Waals surface area contributed by atoms with Gasteiger partial charge in [-0.05, 0) is 24.3 Å². The number of hydrogen-bond acceptors (Lipinski definition) is 3. The summed E-state index contributed by atoms with van der Waals surface area (Å²) in [5.74, 6) is 0.274. The van der Waals surface area contributed by atoms with Crippen molar-refractivity contribution in [2.45, 2.75) is 44.7 Å². The van der Waals surface area contributed by atoms with E-state index in [1.165, 1.54) is 12.7 Å². The Morgan fingerprint density at radius 2 is 2.16 bits per heavy atom. The molecule has 1 aromatic carbocycles. The summed E-state index contributed by atoms with van der Waals surface area (Å²) in [6, 6.07) is 10.2. The third kappa shape index (κ3) is 2.81. The molecule has 0 heterocycles. The molecule has 2 unspecified atom stereocenters. The van der Waals surface area contributed by atoms with E-state index in [0.29, 0.717) is 12.5 Å². The second kappa shape index (κ2) is 6.20. The van der Waals surface area contributed by atoms with Gasteiger partial charge >= 0.3 is 5.97 Å². The van der Waals surface area contributed by atoms with Gasteiger partial charge < -0.3 is 4.74 Å². The summed E-state index contributed by atoms with van der Waals surface area (Å²) in [6.07, 6.45) is 4.09. The van der Waals surface area contributed by atoms with Crippen molar-refractivity contribution in [2.24, 2.45) is 5.92 Å². The van der Waals surface area contributed by atoms with Gasteiger partial charge in [-0.1, -0.05) is 50.1 Å². The first-order valence-corrected chi connectivity index (χ1v) is 7.10. The van der Waals surface area contributed by atoms with Crippen molar-refractivity contribution in [2.75, 3.05) is 7.11 Å². The molecule has 3 heteroatoms. The van der Waals surface area contributed by atoms with Gasteiger partial charge in [0.1, 0.15) is 5.54 Å². The lowest BCUT2D eigenvalue weighted by Crippen LogP contribution is -2.54. The number of esters is 1. The minimum atomic E-state index is -0.487.